The standard InChI is InChI=1S/C20H25NO6S/c1-25-17-9-4-13(12-16(17)23)19(18(26-2)10-11-22)27-20(24)21-14-5-7-15(28-3)8-6-14/h4-9,12,18-19,22-23H,10-11H2,1-3H3,(H,21,24)/t18-,19-/m0/s1. The third-order valence-corrected chi connectivity index (χ3v) is 4.90. The van der Waals surface area contributed by atoms with Crippen LogP contribution in [0.1, 0.15) is 18.1 Å². The molecule has 0 saturated carbocycles. The van der Waals surface area contributed by atoms with E-state index in [4.69, 9.17) is 14.2 Å². The molecule has 1 amide bonds. The number of carbonyl (C=O) groups is 1. The highest BCUT2D eigenvalue weighted by Gasteiger charge is 2.28. The Kier molecular flexibility index (Phi) is 8.43. The average Bonchev–Trinajstić information content (AvgIpc) is 2.71. The number of hydrogen-bond donors (Lipinski definition) is 3. The Morgan fingerprint density at radius 2 is 1.89 bits per heavy atom. The summed E-state index contributed by atoms with van der Waals surface area (Å²) in [4.78, 5) is 13.5. The molecule has 2 atom stereocenters. The van der Waals surface area contributed by atoms with Gasteiger partial charge in [0.1, 0.15) is 6.10 Å². The van der Waals surface area contributed by atoms with Gasteiger partial charge in [0.25, 0.3) is 0 Å². The van der Waals surface area contributed by atoms with Gasteiger partial charge in [-0.2, -0.15) is 0 Å². The van der Waals surface area contributed by atoms with Crippen LogP contribution in [-0.4, -0.2) is 49.5 Å². The summed E-state index contributed by atoms with van der Waals surface area (Å²) in [5, 5.41) is 22.1. The van der Waals surface area contributed by atoms with Gasteiger partial charge in [-0.15, -0.1) is 11.8 Å². The lowest BCUT2D eigenvalue weighted by Gasteiger charge is -2.26. The van der Waals surface area contributed by atoms with Crippen molar-refractivity contribution in [2.24, 2.45) is 0 Å². The maximum atomic E-state index is 12.4. The molecule has 0 aromatic heterocycles. The molecule has 2 rings (SSSR count). The zero-order valence-corrected chi connectivity index (χ0v) is 16.9. The van der Waals surface area contributed by atoms with Crippen LogP contribution < -0.4 is 10.1 Å². The Balaban J connectivity index is 2.20. The van der Waals surface area contributed by atoms with Crippen molar-refractivity contribution >= 4 is 23.5 Å². The maximum absolute atomic E-state index is 12.4. The molecule has 2 aromatic rings. The molecule has 7 nitrogen and oxygen atoms in total. The minimum atomic E-state index is -0.834. The Labute approximate surface area is 168 Å². The molecule has 3 N–H and O–H groups in total. The number of carbonyl (C=O) groups excluding carboxylic acids is 1. The van der Waals surface area contributed by atoms with Gasteiger partial charge >= 0.3 is 6.09 Å². The highest BCUT2D eigenvalue weighted by Crippen LogP contribution is 2.33. The lowest BCUT2D eigenvalue weighted by Crippen LogP contribution is -2.28. The quantitative estimate of drug-likeness (QED) is 0.544. The van der Waals surface area contributed by atoms with Crippen molar-refractivity contribution in [3.63, 3.8) is 0 Å². The molecule has 0 aliphatic carbocycles. The van der Waals surface area contributed by atoms with Crippen LogP contribution in [0.5, 0.6) is 11.5 Å². The molecule has 0 radical (unpaired) electrons. The molecule has 28 heavy (non-hydrogen) atoms. The summed E-state index contributed by atoms with van der Waals surface area (Å²) in [5.74, 6) is 0.220. The van der Waals surface area contributed by atoms with Gasteiger partial charge in [0.2, 0.25) is 0 Å². The van der Waals surface area contributed by atoms with Crippen LogP contribution >= 0.6 is 11.8 Å². The number of phenolic OH excluding ortho intramolecular Hbond substituents is 1. The zero-order chi connectivity index (χ0) is 20.5. The van der Waals surface area contributed by atoms with Gasteiger partial charge in [-0.3, -0.25) is 5.32 Å². The normalized spacial score (nSPS) is 12.9. The number of anilines is 1. The number of aliphatic hydroxyl groups excluding tert-OH is 1. The number of methoxy groups -OCH3 is 2. The SMILES string of the molecule is COc1ccc([C@H](OC(=O)Nc2ccc(SC)cc2)[C@H](CCO)OC)cc1O. The van der Waals surface area contributed by atoms with Crippen LogP contribution in [0.3, 0.4) is 0 Å². The first-order valence-corrected chi connectivity index (χ1v) is 9.87. The molecule has 0 spiro atoms. The molecule has 0 fully saturated rings. The second-order valence-electron chi connectivity index (χ2n) is 5.90. The van der Waals surface area contributed by atoms with E-state index in [1.165, 1.54) is 20.3 Å². The number of aromatic hydroxyl groups is 1. The van der Waals surface area contributed by atoms with Gasteiger partial charge in [0, 0.05) is 30.7 Å². The highest BCUT2D eigenvalue weighted by molar-refractivity contribution is 7.98. The van der Waals surface area contributed by atoms with Gasteiger partial charge in [-0.25, -0.2) is 4.79 Å². The van der Waals surface area contributed by atoms with Crippen LogP contribution in [0.25, 0.3) is 0 Å². The van der Waals surface area contributed by atoms with Crippen molar-refractivity contribution < 1.29 is 29.2 Å². The number of nitrogens with one attached hydrogen (secondary N) is 1. The molecule has 0 aliphatic heterocycles. The Hall–Kier alpha value is -2.42. The Bertz CT molecular complexity index is 768. The highest BCUT2D eigenvalue weighted by atomic mass is 32.2. The molecule has 0 unspecified atom stereocenters. The summed E-state index contributed by atoms with van der Waals surface area (Å²) in [6.45, 7) is -0.141. The van der Waals surface area contributed by atoms with Crippen LogP contribution in [0.4, 0.5) is 10.5 Å². The third-order valence-electron chi connectivity index (χ3n) is 4.16. The lowest BCUT2D eigenvalue weighted by atomic mass is 10.0. The average molecular weight is 407 g/mol. The molecular weight excluding hydrogens is 382 g/mol. The molecule has 0 aliphatic rings. The third kappa shape index (κ3) is 5.79. The predicted molar refractivity (Wildman–Crippen MR) is 108 cm³/mol. The number of benzene rings is 2. The zero-order valence-electron chi connectivity index (χ0n) is 16.0. The number of amides is 1. The van der Waals surface area contributed by atoms with E-state index in [1.807, 2.05) is 18.4 Å². The van der Waals surface area contributed by atoms with Gasteiger partial charge < -0.3 is 24.4 Å². The largest absolute Gasteiger partial charge is 0.504 e. The van der Waals surface area contributed by atoms with Gasteiger partial charge in [-0.05, 0) is 48.2 Å². The molecule has 2 aromatic carbocycles. The van der Waals surface area contributed by atoms with E-state index >= 15 is 0 Å². The Morgan fingerprint density at radius 3 is 2.43 bits per heavy atom. The van der Waals surface area contributed by atoms with Crippen molar-refractivity contribution in [1.29, 1.82) is 0 Å². The smallest absolute Gasteiger partial charge is 0.412 e. The van der Waals surface area contributed by atoms with E-state index in [-0.39, 0.29) is 18.8 Å². The number of thioether (sulfide) groups is 1. The molecule has 152 valence electrons. The minimum Gasteiger partial charge on any atom is -0.504 e. The summed E-state index contributed by atoms with van der Waals surface area (Å²) >= 11 is 1.60. The topological polar surface area (TPSA) is 97.3 Å². The fourth-order valence-corrected chi connectivity index (χ4v) is 3.11. The van der Waals surface area contributed by atoms with E-state index in [0.717, 1.165) is 4.90 Å². The lowest BCUT2D eigenvalue weighted by molar-refractivity contribution is -0.0306. The number of hydrogen-bond acceptors (Lipinski definition) is 7. The van der Waals surface area contributed by atoms with Gasteiger partial charge in [0.05, 0.1) is 7.11 Å². The van der Waals surface area contributed by atoms with Crippen molar-refractivity contribution in [1.82, 2.24) is 0 Å². The van der Waals surface area contributed by atoms with Crippen LogP contribution in [0, 0.1) is 0 Å². The second kappa shape index (κ2) is 10.8. The summed E-state index contributed by atoms with van der Waals surface area (Å²) < 4.78 is 16.0. The summed E-state index contributed by atoms with van der Waals surface area (Å²) in [6, 6.07) is 12.0. The maximum Gasteiger partial charge on any atom is 0.412 e. The molecule has 0 bridgehead atoms. The van der Waals surface area contributed by atoms with Crippen LogP contribution in [0.2, 0.25) is 0 Å². The summed E-state index contributed by atoms with van der Waals surface area (Å²) in [5.41, 5.74) is 1.11. The predicted octanol–water partition coefficient (Wildman–Crippen LogP) is 3.81. The van der Waals surface area contributed by atoms with E-state index in [9.17, 15) is 15.0 Å². The fourth-order valence-electron chi connectivity index (χ4n) is 2.70. The van der Waals surface area contributed by atoms with Gasteiger partial charge in [0.15, 0.2) is 17.6 Å². The minimum absolute atomic E-state index is 0.0829. The monoisotopic (exact) mass is 407 g/mol. The molecular formula is C20H25NO6S. The number of phenols is 1. The first-order chi connectivity index (χ1) is 13.5. The first-order valence-electron chi connectivity index (χ1n) is 8.64. The molecule has 0 saturated heterocycles. The van der Waals surface area contributed by atoms with Crippen molar-refractivity contribution in [2.75, 3.05) is 32.4 Å². The van der Waals surface area contributed by atoms with Crippen molar-refractivity contribution in [3.8, 4) is 11.5 Å². The first kappa shape index (κ1) is 21.9. The molecule has 0 heterocycles. The number of aliphatic hydroxyl groups is 1. The van der Waals surface area contributed by atoms with Crippen LogP contribution in [-0.2, 0) is 9.47 Å². The van der Waals surface area contributed by atoms with E-state index < -0.39 is 18.3 Å². The van der Waals surface area contributed by atoms with E-state index in [2.05, 4.69) is 5.32 Å². The fraction of sp³-hybridized carbons (Fsp3) is 0.350. The molecule has 8 heteroatoms. The number of ether oxygens (including phenoxy) is 3. The van der Waals surface area contributed by atoms with Crippen LogP contribution in [0.15, 0.2) is 47.4 Å². The van der Waals surface area contributed by atoms with Gasteiger partial charge in [-0.1, -0.05) is 6.07 Å². The summed E-state index contributed by atoms with van der Waals surface area (Å²) in [6.07, 6.45) is 0.125. The van der Waals surface area contributed by atoms with Crippen molar-refractivity contribution in [3.05, 3.63) is 48.0 Å². The summed E-state index contributed by atoms with van der Waals surface area (Å²) in [7, 11) is 2.92. The van der Waals surface area contributed by atoms with E-state index in [0.29, 0.717) is 17.0 Å². The van der Waals surface area contributed by atoms with Crippen molar-refractivity contribution in [2.45, 2.75) is 23.5 Å². The Morgan fingerprint density at radius 1 is 1.18 bits per heavy atom. The van der Waals surface area contributed by atoms with E-state index in [1.54, 1.807) is 36.0 Å². The second-order valence-corrected chi connectivity index (χ2v) is 6.78. The number of rotatable bonds is 9.